The smallest absolute Gasteiger partial charge is 0.0646 e. The van der Waals surface area contributed by atoms with E-state index in [4.69, 9.17) is 0 Å². The van der Waals surface area contributed by atoms with Gasteiger partial charge in [0.25, 0.3) is 0 Å². The van der Waals surface area contributed by atoms with Gasteiger partial charge in [-0.2, -0.15) is 0 Å². The summed E-state index contributed by atoms with van der Waals surface area (Å²) in [6.07, 6.45) is 4.91. The Hall–Kier alpha value is -0.303. The lowest BCUT2D eigenvalue weighted by Gasteiger charge is -2.09. The van der Waals surface area contributed by atoms with E-state index >= 15 is 0 Å². The molecule has 1 aliphatic carbocycles. The molecule has 0 spiro atoms. The Morgan fingerprint density at radius 1 is 1.45 bits per heavy atom. The van der Waals surface area contributed by atoms with Crippen molar-refractivity contribution < 1.29 is 0 Å². The summed E-state index contributed by atoms with van der Waals surface area (Å²) >= 11 is 0. The summed E-state index contributed by atoms with van der Waals surface area (Å²) in [5, 5.41) is 1.73. The Bertz CT molecular complexity index is 209. The standard InChI is InChI=1S/C10H18Si/c1-5-9-8(2)6-7-10(9)11(3)4/h7,11H,5-6H2,1-4H3. The largest absolute Gasteiger partial charge is 0.0813 e. The third kappa shape index (κ3) is 1.64. The Morgan fingerprint density at radius 3 is 2.45 bits per heavy atom. The topological polar surface area (TPSA) is 0 Å². The van der Waals surface area contributed by atoms with Crippen molar-refractivity contribution in [2.45, 2.75) is 39.8 Å². The summed E-state index contributed by atoms with van der Waals surface area (Å²) in [6, 6.07) is 0. The number of hydrogen-bond acceptors (Lipinski definition) is 0. The van der Waals surface area contributed by atoms with Crippen molar-refractivity contribution in [3.05, 3.63) is 22.4 Å². The van der Waals surface area contributed by atoms with Gasteiger partial charge in [0.1, 0.15) is 0 Å². The highest BCUT2D eigenvalue weighted by Gasteiger charge is 2.15. The van der Waals surface area contributed by atoms with Gasteiger partial charge in [-0.05, 0) is 19.8 Å². The summed E-state index contributed by atoms with van der Waals surface area (Å²) in [6.45, 7) is 9.38. The van der Waals surface area contributed by atoms with E-state index < -0.39 is 8.80 Å². The number of allylic oxidation sites excluding steroid dienone is 4. The molecule has 0 aromatic rings. The van der Waals surface area contributed by atoms with Crippen LogP contribution in [0.1, 0.15) is 26.7 Å². The Kier molecular flexibility index (Phi) is 2.71. The highest BCUT2D eigenvalue weighted by molar-refractivity contribution is 6.65. The van der Waals surface area contributed by atoms with Crippen LogP contribution in [0, 0.1) is 0 Å². The van der Waals surface area contributed by atoms with Crippen LogP contribution >= 0.6 is 0 Å². The average molecular weight is 166 g/mol. The lowest BCUT2D eigenvalue weighted by atomic mass is 10.1. The zero-order valence-corrected chi connectivity index (χ0v) is 9.22. The lowest BCUT2D eigenvalue weighted by Crippen LogP contribution is -2.06. The Balaban J connectivity index is 2.85. The van der Waals surface area contributed by atoms with Crippen LogP contribution in [0.25, 0.3) is 0 Å². The van der Waals surface area contributed by atoms with Gasteiger partial charge in [-0.15, -0.1) is 0 Å². The first-order valence-corrected chi connectivity index (χ1v) is 7.44. The summed E-state index contributed by atoms with van der Waals surface area (Å²) in [5.74, 6) is 0. The molecule has 62 valence electrons. The van der Waals surface area contributed by atoms with E-state index in [1.165, 1.54) is 12.8 Å². The molecule has 0 amide bonds. The van der Waals surface area contributed by atoms with Gasteiger partial charge in [0.05, 0.1) is 8.80 Å². The molecule has 1 heteroatoms. The van der Waals surface area contributed by atoms with Crippen LogP contribution in [0.15, 0.2) is 22.4 Å². The molecule has 0 N–H and O–H groups in total. The molecule has 0 radical (unpaired) electrons. The molecule has 1 aliphatic rings. The maximum absolute atomic E-state index is 2.45. The molecule has 0 unspecified atom stereocenters. The zero-order chi connectivity index (χ0) is 8.43. The molecule has 0 aromatic carbocycles. The maximum Gasteiger partial charge on any atom is 0.0646 e. The third-order valence-corrected chi connectivity index (χ3v) is 4.30. The van der Waals surface area contributed by atoms with Crippen LogP contribution in [0.4, 0.5) is 0 Å². The van der Waals surface area contributed by atoms with Gasteiger partial charge >= 0.3 is 0 Å². The second-order valence-electron chi connectivity index (χ2n) is 3.63. The zero-order valence-electron chi connectivity index (χ0n) is 8.07. The van der Waals surface area contributed by atoms with Crippen LogP contribution in [-0.4, -0.2) is 8.80 Å². The van der Waals surface area contributed by atoms with E-state index in [1.807, 2.05) is 0 Å². The summed E-state index contributed by atoms with van der Waals surface area (Å²) < 4.78 is 0. The van der Waals surface area contributed by atoms with Crippen molar-refractivity contribution in [2.75, 3.05) is 0 Å². The van der Waals surface area contributed by atoms with E-state index in [9.17, 15) is 0 Å². The van der Waals surface area contributed by atoms with Gasteiger partial charge in [0, 0.05) is 0 Å². The van der Waals surface area contributed by atoms with Crippen LogP contribution < -0.4 is 0 Å². The third-order valence-electron chi connectivity index (χ3n) is 2.47. The quantitative estimate of drug-likeness (QED) is 0.553. The number of hydrogen-bond donors (Lipinski definition) is 0. The predicted octanol–water partition coefficient (Wildman–Crippen LogP) is 3.07. The highest BCUT2D eigenvalue weighted by Crippen LogP contribution is 2.29. The molecule has 0 bridgehead atoms. The Labute approximate surface area is 71.6 Å². The summed E-state index contributed by atoms with van der Waals surface area (Å²) in [5.41, 5.74) is 3.29. The molecular formula is C10H18Si. The van der Waals surface area contributed by atoms with Crippen molar-refractivity contribution in [1.29, 1.82) is 0 Å². The lowest BCUT2D eigenvalue weighted by molar-refractivity contribution is 1.09. The molecule has 0 heterocycles. The van der Waals surface area contributed by atoms with Crippen molar-refractivity contribution >= 4 is 8.80 Å². The van der Waals surface area contributed by atoms with E-state index in [0.29, 0.717) is 0 Å². The minimum Gasteiger partial charge on any atom is -0.0813 e. The fourth-order valence-corrected chi connectivity index (χ4v) is 3.58. The highest BCUT2D eigenvalue weighted by atomic mass is 28.3. The maximum atomic E-state index is 2.45. The molecule has 11 heavy (non-hydrogen) atoms. The molecule has 0 saturated carbocycles. The van der Waals surface area contributed by atoms with Crippen LogP contribution in [-0.2, 0) is 0 Å². The molecule has 0 nitrogen and oxygen atoms in total. The van der Waals surface area contributed by atoms with Gasteiger partial charge in [-0.1, -0.05) is 42.4 Å². The van der Waals surface area contributed by atoms with Crippen molar-refractivity contribution in [1.82, 2.24) is 0 Å². The molecule has 0 aromatic heterocycles. The number of rotatable bonds is 2. The van der Waals surface area contributed by atoms with Crippen LogP contribution in [0.2, 0.25) is 13.1 Å². The first-order valence-electron chi connectivity index (χ1n) is 4.55. The fourth-order valence-electron chi connectivity index (χ4n) is 1.85. The van der Waals surface area contributed by atoms with Crippen LogP contribution in [0.5, 0.6) is 0 Å². The second kappa shape index (κ2) is 3.40. The van der Waals surface area contributed by atoms with E-state index in [0.717, 1.165) is 0 Å². The van der Waals surface area contributed by atoms with Crippen molar-refractivity contribution in [3.63, 3.8) is 0 Å². The molecule has 0 atom stereocenters. The van der Waals surface area contributed by atoms with Gasteiger partial charge < -0.3 is 0 Å². The molecular weight excluding hydrogens is 148 g/mol. The summed E-state index contributed by atoms with van der Waals surface area (Å²) in [7, 11) is -0.534. The van der Waals surface area contributed by atoms with E-state index in [-0.39, 0.29) is 0 Å². The molecule has 0 fully saturated rings. The summed E-state index contributed by atoms with van der Waals surface area (Å²) in [4.78, 5) is 0. The van der Waals surface area contributed by atoms with Gasteiger partial charge in [0.2, 0.25) is 0 Å². The van der Waals surface area contributed by atoms with E-state index in [1.54, 1.807) is 16.3 Å². The van der Waals surface area contributed by atoms with Crippen molar-refractivity contribution in [2.24, 2.45) is 0 Å². The SMILES string of the molecule is CCC1=C(C)CC=C1[SiH](C)C. The average Bonchev–Trinajstić information content (AvgIpc) is 2.30. The predicted molar refractivity (Wildman–Crippen MR) is 54.6 cm³/mol. The van der Waals surface area contributed by atoms with E-state index in [2.05, 4.69) is 33.0 Å². The van der Waals surface area contributed by atoms with Crippen molar-refractivity contribution in [3.8, 4) is 0 Å². The second-order valence-corrected chi connectivity index (χ2v) is 6.56. The fraction of sp³-hybridized carbons (Fsp3) is 0.600. The first kappa shape index (κ1) is 8.79. The minimum absolute atomic E-state index is 0.534. The molecule has 0 aliphatic heterocycles. The minimum atomic E-state index is -0.534. The first-order chi connectivity index (χ1) is 5.16. The normalized spacial score (nSPS) is 18.1. The monoisotopic (exact) mass is 166 g/mol. The molecule has 1 rings (SSSR count). The molecule has 0 saturated heterocycles. The van der Waals surface area contributed by atoms with Gasteiger partial charge in [-0.3, -0.25) is 0 Å². The van der Waals surface area contributed by atoms with Gasteiger partial charge in [0.15, 0.2) is 0 Å². The van der Waals surface area contributed by atoms with Gasteiger partial charge in [-0.25, -0.2) is 0 Å². The Morgan fingerprint density at radius 2 is 2.09 bits per heavy atom. The van der Waals surface area contributed by atoms with Crippen LogP contribution in [0.3, 0.4) is 0 Å².